The molecule has 0 aliphatic carbocycles. The summed E-state index contributed by atoms with van der Waals surface area (Å²) in [6, 6.07) is 12.9. The number of nitrogens with two attached hydrogens (primary N) is 1. The standard InChI is InChI=1S/C33H37F2N7O5/c1-46-24-4-5-25(29(16-24)47-14-2-9-40-10-12-41(13-11-40)30(43)19-37)22-3-6-28-27(15-22)26(7-8-38-28)32(45)39-20-31(44)42-21-33(34,35)17-23(42)18-36/h3-8,15-16,23H,2,9-14,17,19-21,37H2,1H3,(H,39,45)/t23-/m0/s1. The van der Waals surface area contributed by atoms with Crippen molar-refractivity contribution in [2.45, 2.75) is 24.8 Å². The van der Waals surface area contributed by atoms with Gasteiger partial charge in [0, 0.05) is 62.4 Å². The van der Waals surface area contributed by atoms with Crippen LogP contribution in [0.4, 0.5) is 8.78 Å². The van der Waals surface area contributed by atoms with Crippen molar-refractivity contribution in [3.8, 4) is 28.7 Å². The Balaban J connectivity index is 1.27. The smallest absolute Gasteiger partial charge is 0.268 e. The molecule has 2 aliphatic rings. The van der Waals surface area contributed by atoms with Crippen molar-refractivity contribution in [1.82, 2.24) is 25.0 Å². The first-order valence-electron chi connectivity index (χ1n) is 15.4. The largest absolute Gasteiger partial charge is 0.497 e. The normalized spacial score (nSPS) is 17.7. The number of methoxy groups -OCH3 is 1. The number of alkyl halides is 2. The number of carbonyl (C=O) groups is 3. The Hall–Kier alpha value is -4.87. The number of piperazine rings is 1. The third kappa shape index (κ3) is 7.93. The average molecular weight is 650 g/mol. The van der Waals surface area contributed by atoms with Gasteiger partial charge in [-0.15, -0.1) is 0 Å². The van der Waals surface area contributed by atoms with Crippen LogP contribution in [0.3, 0.4) is 0 Å². The molecule has 0 spiro atoms. The monoisotopic (exact) mass is 649 g/mol. The Bertz CT molecular complexity index is 1670. The number of nitriles is 1. The summed E-state index contributed by atoms with van der Waals surface area (Å²) in [5.74, 6) is -3.31. The molecule has 2 aromatic carbocycles. The van der Waals surface area contributed by atoms with E-state index in [0.29, 0.717) is 42.1 Å². The van der Waals surface area contributed by atoms with Gasteiger partial charge in [0.05, 0.1) is 50.5 Å². The Labute approximate surface area is 271 Å². The minimum absolute atomic E-state index is 0.0229. The molecule has 1 aromatic heterocycles. The van der Waals surface area contributed by atoms with Crippen LogP contribution in [0.15, 0.2) is 48.7 Å². The lowest BCUT2D eigenvalue weighted by atomic mass is 9.99. The Kier molecular flexibility index (Phi) is 10.5. The van der Waals surface area contributed by atoms with Gasteiger partial charge in [0.25, 0.3) is 11.8 Å². The highest BCUT2D eigenvalue weighted by Crippen LogP contribution is 2.36. The third-order valence-corrected chi connectivity index (χ3v) is 8.40. The number of rotatable bonds is 11. The van der Waals surface area contributed by atoms with E-state index in [9.17, 15) is 28.4 Å². The van der Waals surface area contributed by atoms with Crippen LogP contribution in [0.2, 0.25) is 0 Å². The second-order valence-electron chi connectivity index (χ2n) is 11.5. The number of amides is 3. The molecule has 0 saturated carbocycles. The maximum absolute atomic E-state index is 13.8. The average Bonchev–Trinajstić information content (AvgIpc) is 3.42. The summed E-state index contributed by atoms with van der Waals surface area (Å²) < 4.78 is 39.3. The van der Waals surface area contributed by atoms with Gasteiger partial charge in [-0.3, -0.25) is 24.3 Å². The molecule has 3 amide bonds. The molecular weight excluding hydrogens is 612 g/mol. The molecule has 3 aromatic rings. The van der Waals surface area contributed by atoms with Crippen LogP contribution in [0.1, 0.15) is 23.2 Å². The predicted molar refractivity (Wildman–Crippen MR) is 169 cm³/mol. The van der Waals surface area contributed by atoms with Gasteiger partial charge in [-0.05, 0) is 42.3 Å². The third-order valence-electron chi connectivity index (χ3n) is 8.40. The zero-order valence-corrected chi connectivity index (χ0v) is 26.1. The molecule has 3 N–H and O–H groups in total. The number of likely N-dealkylation sites (tertiary alicyclic amines) is 1. The quantitative estimate of drug-likeness (QED) is 0.298. The number of nitrogens with zero attached hydrogens (tertiary/aromatic N) is 5. The molecule has 2 fully saturated rings. The fourth-order valence-corrected chi connectivity index (χ4v) is 5.87. The maximum Gasteiger partial charge on any atom is 0.268 e. The molecule has 2 saturated heterocycles. The van der Waals surface area contributed by atoms with Gasteiger partial charge < -0.3 is 30.3 Å². The van der Waals surface area contributed by atoms with Crippen LogP contribution < -0.4 is 20.5 Å². The van der Waals surface area contributed by atoms with Crippen molar-refractivity contribution in [1.29, 1.82) is 5.26 Å². The highest BCUT2D eigenvalue weighted by molar-refractivity contribution is 6.07. The summed E-state index contributed by atoms with van der Waals surface area (Å²) in [6.45, 7) is 2.75. The summed E-state index contributed by atoms with van der Waals surface area (Å²) in [6.07, 6.45) is 1.51. The Morgan fingerprint density at radius 3 is 2.62 bits per heavy atom. The van der Waals surface area contributed by atoms with E-state index in [0.717, 1.165) is 42.1 Å². The Morgan fingerprint density at radius 2 is 1.89 bits per heavy atom. The number of halogens is 2. The van der Waals surface area contributed by atoms with Gasteiger partial charge in [-0.1, -0.05) is 6.07 Å². The van der Waals surface area contributed by atoms with Crippen LogP contribution in [-0.4, -0.2) is 115 Å². The number of nitrogens with one attached hydrogen (secondary N) is 1. The van der Waals surface area contributed by atoms with Crippen molar-refractivity contribution >= 4 is 28.6 Å². The minimum atomic E-state index is -3.15. The highest BCUT2D eigenvalue weighted by atomic mass is 19.3. The summed E-state index contributed by atoms with van der Waals surface area (Å²) >= 11 is 0. The summed E-state index contributed by atoms with van der Waals surface area (Å²) in [7, 11) is 1.57. The van der Waals surface area contributed by atoms with E-state index in [1.165, 1.54) is 12.3 Å². The molecule has 3 heterocycles. The lowest BCUT2D eigenvalue weighted by molar-refractivity contribution is -0.132. The number of fused-ring (bicyclic) bond motifs is 1. The number of benzene rings is 2. The molecule has 47 heavy (non-hydrogen) atoms. The zero-order valence-electron chi connectivity index (χ0n) is 26.1. The Morgan fingerprint density at radius 1 is 1.11 bits per heavy atom. The number of ether oxygens (including phenoxy) is 2. The van der Waals surface area contributed by atoms with Crippen LogP contribution in [0.25, 0.3) is 22.0 Å². The van der Waals surface area contributed by atoms with E-state index in [4.69, 9.17) is 15.2 Å². The van der Waals surface area contributed by atoms with E-state index in [1.807, 2.05) is 24.3 Å². The summed E-state index contributed by atoms with van der Waals surface area (Å²) in [5.41, 5.74) is 7.79. The van der Waals surface area contributed by atoms with E-state index in [2.05, 4.69) is 15.2 Å². The van der Waals surface area contributed by atoms with Crippen LogP contribution in [0, 0.1) is 11.3 Å². The van der Waals surface area contributed by atoms with Crippen LogP contribution >= 0.6 is 0 Å². The van der Waals surface area contributed by atoms with Gasteiger partial charge in [0.15, 0.2) is 0 Å². The van der Waals surface area contributed by atoms with Crippen LogP contribution in [-0.2, 0) is 9.59 Å². The fraction of sp³-hybridized carbons (Fsp3) is 0.424. The SMILES string of the molecule is COc1ccc(-c2ccc3nccc(C(=O)NCC(=O)N4CC(F)(F)C[C@H]4C#N)c3c2)c(OCCCN2CCN(C(=O)CN)CC2)c1. The summed E-state index contributed by atoms with van der Waals surface area (Å²) in [4.78, 5) is 47.0. The molecule has 1 atom stereocenters. The van der Waals surface area contributed by atoms with Gasteiger partial charge in [-0.2, -0.15) is 5.26 Å². The molecular formula is C33H37F2N7O5. The molecule has 5 rings (SSSR count). The fourth-order valence-electron chi connectivity index (χ4n) is 5.87. The van der Waals surface area contributed by atoms with Crippen molar-refractivity contribution in [3.05, 3.63) is 54.2 Å². The lowest BCUT2D eigenvalue weighted by Gasteiger charge is -2.34. The number of aromatic nitrogens is 1. The molecule has 12 nitrogen and oxygen atoms in total. The van der Waals surface area contributed by atoms with E-state index >= 15 is 0 Å². The van der Waals surface area contributed by atoms with Crippen molar-refractivity contribution < 1.29 is 32.6 Å². The first-order valence-corrected chi connectivity index (χ1v) is 15.4. The van der Waals surface area contributed by atoms with Crippen molar-refractivity contribution in [2.75, 3.05) is 66.1 Å². The van der Waals surface area contributed by atoms with E-state index in [1.54, 1.807) is 30.2 Å². The first kappa shape index (κ1) is 33.5. The maximum atomic E-state index is 13.8. The zero-order chi connectivity index (χ0) is 33.6. The first-order chi connectivity index (χ1) is 22.6. The molecule has 14 heteroatoms. The summed E-state index contributed by atoms with van der Waals surface area (Å²) in [5, 5.41) is 12.2. The lowest BCUT2D eigenvalue weighted by Crippen LogP contribution is -2.50. The number of hydrogen-bond acceptors (Lipinski definition) is 9. The van der Waals surface area contributed by atoms with Crippen LogP contribution in [0.5, 0.6) is 11.5 Å². The molecule has 2 aliphatic heterocycles. The number of pyridine rings is 1. The number of carbonyl (C=O) groups excluding carboxylic acids is 3. The van der Waals surface area contributed by atoms with Gasteiger partial charge in [0.1, 0.15) is 17.5 Å². The van der Waals surface area contributed by atoms with Crippen molar-refractivity contribution in [2.24, 2.45) is 5.73 Å². The van der Waals surface area contributed by atoms with E-state index < -0.39 is 43.3 Å². The van der Waals surface area contributed by atoms with Gasteiger partial charge >= 0.3 is 0 Å². The minimum Gasteiger partial charge on any atom is -0.497 e. The second kappa shape index (κ2) is 14.7. The van der Waals surface area contributed by atoms with Crippen molar-refractivity contribution in [3.63, 3.8) is 0 Å². The van der Waals surface area contributed by atoms with Gasteiger partial charge in [-0.25, -0.2) is 8.78 Å². The number of hydrogen-bond donors (Lipinski definition) is 2. The molecule has 0 unspecified atom stereocenters. The molecule has 248 valence electrons. The molecule has 0 bridgehead atoms. The topological polar surface area (TPSA) is 154 Å². The second-order valence-corrected chi connectivity index (χ2v) is 11.5. The highest BCUT2D eigenvalue weighted by Gasteiger charge is 2.47. The van der Waals surface area contributed by atoms with E-state index in [-0.39, 0.29) is 18.0 Å². The molecule has 0 radical (unpaired) electrons. The predicted octanol–water partition coefficient (Wildman–Crippen LogP) is 2.27. The van der Waals surface area contributed by atoms with Gasteiger partial charge in [0.2, 0.25) is 11.8 Å².